The van der Waals surface area contributed by atoms with Gasteiger partial charge >= 0.3 is 6.03 Å². The number of urea groups is 1. The number of thiazole rings is 1. The topological polar surface area (TPSA) is 66.9 Å². The van der Waals surface area contributed by atoms with Gasteiger partial charge in [0.1, 0.15) is 5.00 Å². The van der Waals surface area contributed by atoms with Gasteiger partial charge < -0.3 is 5.32 Å². The molecule has 0 atom stereocenters. The van der Waals surface area contributed by atoms with Gasteiger partial charge in [0.05, 0.1) is 16.7 Å². The summed E-state index contributed by atoms with van der Waals surface area (Å²) in [6, 6.07) is 9.96. The molecule has 0 unspecified atom stereocenters. The van der Waals surface area contributed by atoms with Crippen LogP contribution in [-0.4, -0.2) is 22.5 Å². The molecule has 0 spiro atoms. The van der Waals surface area contributed by atoms with E-state index in [-0.39, 0.29) is 11.9 Å². The summed E-state index contributed by atoms with van der Waals surface area (Å²) in [5, 5.41) is 7.72. The number of carbonyl (C=O) groups excluding carboxylic acids is 1. The first-order chi connectivity index (χ1) is 11.6. The predicted molar refractivity (Wildman–Crippen MR) is 98.7 cm³/mol. The molecule has 0 radical (unpaired) electrons. The van der Waals surface area contributed by atoms with Crippen molar-refractivity contribution in [3.05, 3.63) is 53.3 Å². The van der Waals surface area contributed by atoms with E-state index in [1.165, 1.54) is 16.9 Å². The highest BCUT2D eigenvalue weighted by molar-refractivity contribution is 7.14. The predicted octanol–water partition coefficient (Wildman–Crippen LogP) is 4.18. The van der Waals surface area contributed by atoms with Crippen molar-refractivity contribution in [2.75, 3.05) is 11.9 Å². The first kappa shape index (κ1) is 16.4. The van der Waals surface area contributed by atoms with Gasteiger partial charge in [-0.15, -0.1) is 11.3 Å². The molecule has 124 valence electrons. The van der Waals surface area contributed by atoms with Crippen molar-refractivity contribution in [3.8, 4) is 0 Å². The molecule has 3 rings (SSSR count). The lowest BCUT2D eigenvalue weighted by Gasteiger charge is -2.09. The van der Waals surface area contributed by atoms with E-state index in [4.69, 9.17) is 0 Å². The third kappa shape index (κ3) is 3.89. The Morgan fingerprint density at radius 2 is 2.12 bits per heavy atom. The average Bonchev–Trinajstić information content (AvgIpc) is 3.03. The number of anilines is 1. The van der Waals surface area contributed by atoms with E-state index in [0.29, 0.717) is 6.54 Å². The first-order valence-corrected chi connectivity index (χ1v) is 8.83. The molecule has 0 aliphatic rings. The van der Waals surface area contributed by atoms with E-state index in [0.717, 1.165) is 28.0 Å². The first-order valence-electron chi connectivity index (χ1n) is 7.95. The molecule has 5 nitrogen and oxygen atoms in total. The van der Waals surface area contributed by atoms with Crippen LogP contribution in [-0.2, 0) is 6.42 Å². The molecule has 0 aliphatic carbocycles. The second-order valence-corrected chi connectivity index (χ2v) is 6.74. The normalized spacial score (nSPS) is 11.0. The van der Waals surface area contributed by atoms with E-state index in [2.05, 4.69) is 46.6 Å². The Bertz CT molecular complexity index is 844. The highest BCUT2D eigenvalue weighted by Gasteiger charge is 2.12. The number of carbonyl (C=O) groups is 1. The third-order valence-corrected chi connectivity index (χ3v) is 4.49. The van der Waals surface area contributed by atoms with E-state index >= 15 is 0 Å². The van der Waals surface area contributed by atoms with E-state index in [1.54, 1.807) is 11.7 Å². The van der Waals surface area contributed by atoms with Gasteiger partial charge in [0.15, 0.2) is 0 Å². The second kappa shape index (κ2) is 7.40. The summed E-state index contributed by atoms with van der Waals surface area (Å²) in [4.78, 5) is 20.6. The molecule has 6 heteroatoms. The van der Waals surface area contributed by atoms with Crippen molar-refractivity contribution in [1.82, 2.24) is 15.3 Å². The minimum Gasteiger partial charge on any atom is -0.338 e. The fourth-order valence-electron chi connectivity index (χ4n) is 2.51. The summed E-state index contributed by atoms with van der Waals surface area (Å²) in [6.07, 6.45) is 2.57. The van der Waals surface area contributed by atoms with E-state index in [1.807, 2.05) is 18.2 Å². The maximum Gasteiger partial charge on any atom is 0.319 e. The third-order valence-electron chi connectivity index (χ3n) is 3.74. The summed E-state index contributed by atoms with van der Waals surface area (Å²) in [7, 11) is 0. The van der Waals surface area contributed by atoms with Crippen LogP contribution in [0.25, 0.3) is 10.9 Å². The van der Waals surface area contributed by atoms with Crippen LogP contribution < -0.4 is 10.6 Å². The SMILES string of the molecule is CC(C)c1ncsc1NC(=O)NCCc1ccc2ncccc2c1. The average molecular weight is 340 g/mol. The molecule has 1 aromatic carbocycles. The van der Waals surface area contributed by atoms with E-state index < -0.39 is 0 Å². The number of pyridine rings is 1. The van der Waals surface area contributed by atoms with Crippen LogP contribution in [0.1, 0.15) is 31.0 Å². The lowest BCUT2D eigenvalue weighted by molar-refractivity contribution is 0.252. The van der Waals surface area contributed by atoms with Crippen LogP contribution in [0, 0.1) is 0 Å². The maximum absolute atomic E-state index is 12.0. The Kier molecular flexibility index (Phi) is 5.05. The van der Waals surface area contributed by atoms with Gasteiger partial charge in [0.25, 0.3) is 0 Å². The van der Waals surface area contributed by atoms with Crippen molar-refractivity contribution in [2.45, 2.75) is 26.2 Å². The number of rotatable bonds is 5. The van der Waals surface area contributed by atoms with Crippen LogP contribution in [0.5, 0.6) is 0 Å². The standard InChI is InChI=1S/C18H20N4OS/c1-12(2)16-17(24-11-21-16)22-18(23)20-9-7-13-5-6-15-14(10-13)4-3-8-19-15/h3-6,8,10-12H,7,9H2,1-2H3,(H2,20,22,23). The van der Waals surface area contributed by atoms with Crippen LogP contribution in [0.2, 0.25) is 0 Å². The molecule has 2 heterocycles. The van der Waals surface area contributed by atoms with Crippen LogP contribution >= 0.6 is 11.3 Å². The van der Waals surface area contributed by atoms with E-state index in [9.17, 15) is 4.79 Å². The summed E-state index contributed by atoms with van der Waals surface area (Å²) in [5.74, 6) is 0.290. The molecule has 0 saturated carbocycles. The Balaban J connectivity index is 1.53. The van der Waals surface area contributed by atoms with Gasteiger partial charge in [-0.25, -0.2) is 9.78 Å². The Morgan fingerprint density at radius 1 is 1.25 bits per heavy atom. The molecule has 2 amide bonds. The summed E-state index contributed by atoms with van der Waals surface area (Å²) >= 11 is 1.45. The fourth-order valence-corrected chi connectivity index (χ4v) is 3.34. The minimum absolute atomic E-state index is 0.191. The second-order valence-electron chi connectivity index (χ2n) is 5.88. The van der Waals surface area contributed by atoms with Crippen molar-refractivity contribution in [1.29, 1.82) is 0 Å². The van der Waals surface area contributed by atoms with Crippen LogP contribution in [0.3, 0.4) is 0 Å². The van der Waals surface area contributed by atoms with Gasteiger partial charge in [0.2, 0.25) is 0 Å². The smallest absolute Gasteiger partial charge is 0.319 e. The highest BCUT2D eigenvalue weighted by atomic mass is 32.1. The molecule has 24 heavy (non-hydrogen) atoms. The summed E-state index contributed by atoms with van der Waals surface area (Å²) < 4.78 is 0. The molecule has 0 fully saturated rings. The molecule has 0 bridgehead atoms. The van der Waals surface area contributed by atoms with Crippen molar-refractivity contribution in [2.24, 2.45) is 0 Å². The van der Waals surface area contributed by atoms with Crippen molar-refractivity contribution in [3.63, 3.8) is 0 Å². The zero-order chi connectivity index (χ0) is 16.9. The maximum atomic E-state index is 12.0. The molecule has 2 N–H and O–H groups in total. The number of aromatic nitrogens is 2. The molecular formula is C18H20N4OS. The quantitative estimate of drug-likeness (QED) is 0.732. The van der Waals surface area contributed by atoms with Gasteiger partial charge in [-0.05, 0) is 36.1 Å². The molecule has 0 saturated heterocycles. The Labute approximate surface area is 145 Å². The van der Waals surface area contributed by atoms with Crippen LogP contribution in [0.4, 0.5) is 9.80 Å². The van der Waals surface area contributed by atoms with Gasteiger partial charge in [-0.3, -0.25) is 10.3 Å². The zero-order valence-electron chi connectivity index (χ0n) is 13.7. The van der Waals surface area contributed by atoms with Gasteiger partial charge in [-0.2, -0.15) is 0 Å². The highest BCUT2D eigenvalue weighted by Crippen LogP contribution is 2.26. The largest absolute Gasteiger partial charge is 0.338 e. The monoisotopic (exact) mass is 340 g/mol. The minimum atomic E-state index is -0.191. The zero-order valence-corrected chi connectivity index (χ0v) is 14.6. The molecule has 2 aromatic heterocycles. The van der Waals surface area contributed by atoms with Crippen molar-refractivity contribution >= 4 is 33.3 Å². The summed E-state index contributed by atoms with van der Waals surface area (Å²) in [5.41, 5.74) is 4.85. The number of nitrogens with one attached hydrogen (secondary N) is 2. The van der Waals surface area contributed by atoms with Gasteiger partial charge in [0, 0.05) is 18.1 Å². The molecule has 3 aromatic rings. The van der Waals surface area contributed by atoms with Crippen molar-refractivity contribution < 1.29 is 4.79 Å². The van der Waals surface area contributed by atoms with Crippen LogP contribution in [0.15, 0.2) is 42.0 Å². The fraction of sp³-hybridized carbons (Fsp3) is 0.278. The lowest BCUT2D eigenvalue weighted by atomic mass is 10.1. The Hall–Kier alpha value is -2.47. The number of fused-ring (bicyclic) bond motifs is 1. The number of benzene rings is 1. The lowest BCUT2D eigenvalue weighted by Crippen LogP contribution is -2.30. The number of hydrogen-bond acceptors (Lipinski definition) is 4. The number of amides is 2. The Morgan fingerprint density at radius 3 is 2.96 bits per heavy atom. The molecule has 0 aliphatic heterocycles. The van der Waals surface area contributed by atoms with Gasteiger partial charge in [-0.1, -0.05) is 26.0 Å². The molecular weight excluding hydrogens is 320 g/mol. The number of hydrogen-bond donors (Lipinski definition) is 2. The number of nitrogens with zero attached hydrogens (tertiary/aromatic N) is 2. The summed E-state index contributed by atoms with van der Waals surface area (Å²) in [6.45, 7) is 4.70.